The fourth-order valence-corrected chi connectivity index (χ4v) is 1.20. The van der Waals surface area contributed by atoms with Gasteiger partial charge in [0, 0.05) is 0 Å². The van der Waals surface area contributed by atoms with Gasteiger partial charge in [0.1, 0.15) is 0 Å². The Balaban J connectivity index is 5.16. The summed E-state index contributed by atoms with van der Waals surface area (Å²) in [5.74, 6) is 0. The molecule has 0 fully saturated rings. The zero-order chi connectivity index (χ0) is 8.58. The van der Waals surface area contributed by atoms with Gasteiger partial charge in [0.15, 0.2) is 0 Å². The second-order valence-corrected chi connectivity index (χ2v) is 4.47. The summed E-state index contributed by atoms with van der Waals surface area (Å²) in [7, 11) is -9.79. The summed E-state index contributed by atoms with van der Waals surface area (Å²) in [6, 6.07) is 0. The maximum absolute atomic E-state index is 9.89. The molecule has 0 saturated carbocycles. The fourth-order valence-electron chi connectivity index (χ4n) is 0.133. The lowest BCUT2D eigenvalue weighted by molar-refractivity contribution is 0.480. The van der Waals surface area contributed by atoms with Crippen molar-refractivity contribution >= 4 is 20.2 Å². The van der Waals surface area contributed by atoms with Gasteiger partial charge in [-0.25, -0.2) is 0 Å². The summed E-state index contributed by atoms with van der Waals surface area (Å²) in [6.45, 7) is 2.42. The standard InChI is InChI=1S/C2H4O6S2/c1-2(9(3,4)5)10(6,7)8/h1H2,(H,3,4,5)(H,6,7,8). The van der Waals surface area contributed by atoms with E-state index in [1.807, 2.05) is 0 Å². The first-order chi connectivity index (χ1) is 4.15. The van der Waals surface area contributed by atoms with Crippen LogP contribution in [0.25, 0.3) is 0 Å². The Morgan fingerprint density at radius 3 is 1.20 bits per heavy atom. The molecule has 0 aliphatic rings. The number of rotatable bonds is 2. The average molecular weight is 188 g/mol. The van der Waals surface area contributed by atoms with Crippen molar-refractivity contribution in [2.75, 3.05) is 0 Å². The highest BCUT2D eigenvalue weighted by Gasteiger charge is 2.23. The van der Waals surface area contributed by atoms with E-state index < -0.39 is 24.5 Å². The van der Waals surface area contributed by atoms with E-state index in [2.05, 4.69) is 6.58 Å². The first-order valence-corrected chi connectivity index (χ1v) is 4.67. The third-order valence-corrected chi connectivity index (χ3v) is 2.99. The van der Waals surface area contributed by atoms with Crippen molar-refractivity contribution in [1.82, 2.24) is 0 Å². The Morgan fingerprint density at radius 1 is 1.00 bits per heavy atom. The summed E-state index contributed by atoms with van der Waals surface area (Å²) in [5.41, 5.74) is 0. The van der Waals surface area contributed by atoms with Crippen molar-refractivity contribution in [2.45, 2.75) is 0 Å². The van der Waals surface area contributed by atoms with E-state index in [0.717, 1.165) is 0 Å². The fraction of sp³-hybridized carbons (Fsp3) is 0. The van der Waals surface area contributed by atoms with Crippen molar-refractivity contribution < 1.29 is 25.9 Å². The lowest BCUT2D eigenvalue weighted by atomic mass is 11.3. The molecule has 0 unspecified atom stereocenters. The van der Waals surface area contributed by atoms with E-state index >= 15 is 0 Å². The molecule has 0 bridgehead atoms. The molecule has 0 atom stereocenters. The molecule has 0 amide bonds. The van der Waals surface area contributed by atoms with Crippen molar-refractivity contribution in [1.29, 1.82) is 0 Å². The van der Waals surface area contributed by atoms with Crippen LogP contribution in [0.1, 0.15) is 0 Å². The van der Waals surface area contributed by atoms with Gasteiger partial charge in [0.2, 0.25) is 4.24 Å². The van der Waals surface area contributed by atoms with E-state index in [4.69, 9.17) is 9.11 Å². The zero-order valence-electron chi connectivity index (χ0n) is 4.55. The molecule has 60 valence electrons. The largest absolute Gasteiger partial charge is 0.307 e. The van der Waals surface area contributed by atoms with Gasteiger partial charge < -0.3 is 0 Å². The molecule has 0 aromatic carbocycles. The maximum atomic E-state index is 9.89. The first kappa shape index (κ1) is 9.56. The monoisotopic (exact) mass is 188 g/mol. The van der Waals surface area contributed by atoms with E-state index in [1.54, 1.807) is 0 Å². The Morgan fingerprint density at radius 2 is 1.20 bits per heavy atom. The Kier molecular flexibility index (Phi) is 2.21. The van der Waals surface area contributed by atoms with Gasteiger partial charge in [0.05, 0.1) is 0 Å². The maximum Gasteiger partial charge on any atom is 0.307 e. The SMILES string of the molecule is C=C(S(=O)(=O)O)S(=O)(=O)O. The molecule has 0 aliphatic heterocycles. The molecule has 0 aromatic rings. The minimum atomic E-state index is -4.89. The van der Waals surface area contributed by atoms with Gasteiger partial charge in [0.25, 0.3) is 0 Å². The second-order valence-electron chi connectivity index (χ2n) is 1.32. The van der Waals surface area contributed by atoms with Gasteiger partial charge >= 0.3 is 20.2 Å². The predicted octanol–water partition coefficient (Wildman–Crippen LogP) is -0.767. The highest BCUT2D eigenvalue weighted by molar-refractivity contribution is 8.09. The van der Waals surface area contributed by atoms with Crippen molar-refractivity contribution in [2.24, 2.45) is 0 Å². The smallest absolute Gasteiger partial charge is 0.281 e. The normalized spacial score (nSPS) is 13.0. The summed E-state index contributed by atoms with van der Waals surface area (Å²) in [4.78, 5) is 0. The first-order valence-electron chi connectivity index (χ1n) is 1.79. The predicted molar refractivity (Wildman–Crippen MR) is 32.2 cm³/mol. The molecule has 6 nitrogen and oxygen atoms in total. The van der Waals surface area contributed by atoms with Crippen LogP contribution in [-0.4, -0.2) is 25.9 Å². The number of hydrogen-bond acceptors (Lipinski definition) is 4. The van der Waals surface area contributed by atoms with Crippen LogP contribution in [0.15, 0.2) is 10.8 Å². The van der Waals surface area contributed by atoms with Crippen LogP contribution in [0.3, 0.4) is 0 Å². The van der Waals surface area contributed by atoms with Crippen LogP contribution < -0.4 is 0 Å². The van der Waals surface area contributed by atoms with Crippen LogP contribution in [0.2, 0.25) is 0 Å². The van der Waals surface area contributed by atoms with E-state index in [1.165, 1.54) is 0 Å². The van der Waals surface area contributed by atoms with E-state index in [9.17, 15) is 16.8 Å². The molecule has 0 saturated heterocycles. The van der Waals surface area contributed by atoms with E-state index in [-0.39, 0.29) is 0 Å². The topological polar surface area (TPSA) is 109 Å². The van der Waals surface area contributed by atoms with Crippen LogP contribution in [-0.2, 0) is 20.2 Å². The molecule has 10 heavy (non-hydrogen) atoms. The summed E-state index contributed by atoms with van der Waals surface area (Å²) in [5, 5.41) is 0. The molecule has 0 spiro atoms. The minimum absolute atomic E-state index is 1.62. The molecular formula is C2H4O6S2. The van der Waals surface area contributed by atoms with Crippen LogP contribution in [0.5, 0.6) is 0 Å². The molecule has 0 radical (unpaired) electrons. The lowest BCUT2D eigenvalue weighted by Gasteiger charge is -1.94. The van der Waals surface area contributed by atoms with Crippen LogP contribution in [0, 0.1) is 0 Å². The summed E-state index contributed by atoms with van der Waals surface area (Å²) >= 11 is 0. The Bertz CT molecular complexity index is 296. The molecule has 2 N–H and O–H groups in total. The highest BCUT2D eigenvalue weighted by Crippen LogP contribution is 2.06. The molecule has 8 heteroatoms. The zero-order valence-corrected chi connectivity index (χ0v) is 6.18. The quantitative estimate of drug-likeness (QED) is 0.551. The van der Waals surface area contributed by atoms with Gasteiger partial charge in [-0.3, -0.25) is 9.11 Å². The third kappa shape index (κ3) is 2.43. The highest BCUT2D eigenvalue weighted by atomic mass is 32.3. The lowest BCUT2D eigenvalue weighted by Crippen LogP contribution is -2.10. The third-order valence-electron chi connectivity index (χ3n) is 0.575. The minimum Gasteiger partial charge on any atom is -0.281 e. The van der Waals surface area contributed by atoms with Crippen LogP contribution >= 0.6 is 0 Å². The van der Waals surface area contributed by atoms with Gasteiger partial charge in [-0.2, -0.15) is 16.8 Å². The van der Waals surface area contributed by atoms with Crippen molar-refractivity contribution in [3.63, 3.8) is 0 Å². The number of hydrogen-bond donors (Lipinski definition) is 2. The summed E-state index contributed by atoms with van der Waals surface area (Å²) in [6.07, 6.45) is 0. The van der Waals surface area contributed by atoms with Gasteiger partial charge in [-0.05, 0) is 0 Å². The second kappa shape index (κ2) is 2.31. The average Bonchev–Trinajstić information content (AvgIpc) is 1.59. The molecular weight excluding hydrogens is 184 g/mol. The van der Waals surface area contributed by atoms with Crippen molar-refractivity contribution in [3.8, 4) is 0 Å². The van der Waals surface area contributed by atoms with E-state index in [0.29, 0.717) is 0 Å². The van der Waals surface area contributed by atoms with Gasteiger partial charge in [-0.1, -0.05) is 6.58 Å². The molecule has 0 heterocycles. The Hall–Kier alpha value is -0.440. The molecule has 0 aromatic heterocycles. The Labute approximate surface area is 57.7 Å². The molecule has 0 aliphatic carbocycles. The van der Waals surface area contributed by atoms with Gasteiger partial charge in [-0.15, -0.1) is 0 Å². The summed E-state index contributed by atoms with van der Waals surface area (Å²) < 4.78 is 53.9. The van der Waals surface area contributed by atoms with Crippen molar-refractivity contribution in [3.05, 3.63) is 10.8 Å². The van der Waals surface area contributed by atoms with Crippen LogP contribution in [0.4, 0.5) is 0 Å². The molecule has 0 rings (SSSR count).